The molecule has 2 aromatic rings. The molecule has 7 nitrogen and oxygen atoms in total. The first kappa shape index (κ1) is 17.8. The van der Waals surface area contributed by atoms with E-state index >= 15 is 0 Å². The lowest BCUT2D eigenvalue weighted by Crippen LogP contribution is -2.52. The van der Waals surface area contributed by atoms with Crippen LogP contribution in [0, 0.1) is 0 Å². The number of imide groups is 1. The Labute approximate surface area is 154 Å². The van der Waals surface area contributed by atoms with Gasteiger partial charge in [0.05, 0.1) is 29.7 Å². The second kappa shape index (κ2) is 6.56. The predicted molar refractivity (Wildman–Crippen MR) is 95.7 cm³/mol. The van der Waals surface area contributed by atoms with Crippen molar-refractivity contribution in [3.05, 3.63) is 23.9 Å². The largest absolute Gasteiger partial charge is 0.376 e. The first-order valence-electron chi connectivity index (χ1n) is 9.00. The van der Waals surface area contributed by atoms with Crippen LogP contribution in [-0.2, 0) is 16.6 Å². The highest BCUT2D eigenvalue weighted by atomic mass is 19.3. The number of halogens is 2. The third-order valence-corrected chi connectivity index (χ3v) is 5.27. The maximum atomic E-state index is 14.1. The molecule has 0 spiro atoms. The smallest absolute Gasteiger partial charge is 0.279 e. The second-order valence-corrected chi connectivity index (χ2v) is 7.17. The maximum Gasteiger partial charge on any atom is 0.279 e. The Morgan fingerprint density at radius 2 is 2.11 bits per heavy atom. The molecule has 27 heavy (non-hydrogen) atoms. The van der Waals surface area contributed by atoms with Gasteiger partial charge in [0.2, 0.25) is 11.8 Å². The van der Waals surface area contributed by atoms with Crippen LogP contribution in [0.5, 0.6) is 0 Å². The number of aryl methyl sites for hydroxylation is 1. The molecule has 2 fully saturated rings. The third kappa shape index (κ3) is 3.27. The molecular formula is C18H21F2N5O2. The van der Waals surface area contributed by atoms with Crippen LogP contribution in [-0.4, -0.2) is 46.6 Å². The van der Waals surface area contributed by atoms with E-state index in [0.29, 0.717) is 30.8 Å². The molecule has 144 valence electrons. The van der Waals surface area contributed by atoms with E-state index < -0.39 is 17.9 Å². The standard InChI is InChI=1S/C18H21F2N5O2/c1-25-13-8-10(22-14-6-7-21-9-18(14,19)20)2-3-11(13)16(24-25)12-4-5-15(26)23-17(12)27/h2-3,8,12,14,21-22H,4-7,9H2,1H3,(H,23,26,27). The maximum absolute atomic E-state index is 14.1. The lowest BCUT2D eigenvalue weighted by molar-refractivity contribution is -0.134. The monoisotopic (exact) mass is 377 g/mol. The predicted octanol–water partition coefficient (Wildman–Crippen LogP) is 1.50. The van der Waals surface area contributed by atoms with Crippen molar-refractivity contribution in [2.75, 3.05) is 18.4 Å². The average molecular weight is 377 g/mol. The molecule has 2 aliphatic rings. The number of benzene rings is 1. The Bertz CT molecular complexity index is 911. The number of nitrogens with zero attached hydrogens (tertiary/aromatic N) is 2. The van der Waals surface area contributed by atoms with Gasteiger partial charge in [0.25, 0.3) is 5.92 Å². The van der Waals surface area contributed by atoms with Crippen LogP contribution < -0.4 is 16.0 Å². The quantitative estimate of drug-likeness (QED) is 0.706. The molecule has 2 saturated heterocycles. The normalized spacial score (nSPS) is 25.4. The number of nitrogens with one attached hydrogen (secondary N) is 3. The Hall–Kier alpha value is -2.55. The minimum atomic E-state index is -2.82. The van der Waals surface area contributed by atoms with Gasteiger partial charge in [-0.05, 0) is 37.6 Å². The number of amides is 2. The summed E-state index contributed by atoms with van der Waals surface area (Å²) in [7, 11) is 1.75. The van der Waals surface area contributed by atoms with Gasteiger partial charge in [0.15, 0.2) is 0 Å². The van der Waals surface area contributed by atoms with Crippen LogP contribution in [0.4, 0.5) is 14.5 Å². The molecule has 3 N–H and O–H groups in total. The van der Waals surface area contributed by atoms with Gasteiger partial charge in [-0.15, -0.1) is 0 Å². The number of hydrogen-bond donors (Lipinski definition) is 3. The van der Waals surface area contributed by atoms with Gasteiger partial charge in [0, 0.05) is 24.5 Å². The molecular weight excluding hydrogens is 356 g/mol. The van der Waals surface area contributed by atoms with Gasteiger partial charge < -0.3 is 10.6 Å². The Balaban J connectivity index is 1.63. The zero-order valence-electron chi connectivity index (χ0n) is 14.9. The molecule has 3 heterocycles. The lowest BCUT2D eigenvalue weighted by Gasteiger charge is -2.33. The zero-order valence-corrected chi connectivity index (χ0v) is 14.9. The third-order valence-electron chi connectivity index (χ3n) is 5.27. The Morgan fingerprint density at radius 1 is 1.30 bits per heavy atom. The number of anilines is 1. The first-order chi connectivity index (χ1) is 12.8. The minimum absolute atomic E-state index is 0.272. The van der Waals surface area contributed by atoms with E-state index in [1.165, 1.54) is 0 Å². The number of hydrogen-bond acceptors (Lipinski definition) is 5. The van der Waals surface area contributed by atoms with Crippen molar-refractivity contribution in [1.82, 2.24) is 20.4 Å². The van der Waals surface area contributed by atoms with Gasteiger partial charge in [-0.25, -0.2) is 8.78 Å². The fourth-order valence-corrected chi connectivity index (χ4v) is 3.80. The van der Waals surface area contributed by atoms with Crippen molar-refractivity contribution in [2.45, 2.75) is 37.1 Å². The van der Waals surface area contributed by atoms with Gasteiger partial charge >= 0.3 is 0 Å². The summed E-state index contributed by atoms with van der Waals surface area (Å²) in [4.78, 5) is 23.6. The minimum Gasteiger partial charge on any atom is -0.376 e. The summed E-state index contributed by atoms with van der Waals surface area (Å²) < 4.78 is 29.7. The van der Waals surface area contributed by atoms with Crippen molar-refractivity contribution in [1.29, 1.82) is 0 Å². The number of fused-ring (bicyclic) bond motifs is 1. The van der Waals surface area contributed by atoms with Crippen LogP contribution in [0.1, 0.15) is 30.9 Å². The van der Waals surface area contributed by atoms with Crippen molar-refractivity contribution in [2.24, 2.45) is 7.05 Å². The van der Waals surface area contributed by atoms with Gasteiger partial charge in [-0.3, -0.25) is 19.6 Å². The second-order valence-electron chi connectivity index (χ2n) is 7.17. The molecule has 1 aromatic carbocycles. The highest BCUT2D eigenvalue weighted by Gasteiger charge is 2.41. The molecule has 1 aromatic heterocycles. The van der Waals surface area contributed by atoms with E-state index in [9.17, 15) is 18.4 Å². The van der Waals surface area contributed by atoms with E-state index in [-0.39, 0.29) is 24.8 Å². The fourth-order valence-electron chi connectivity index (χ4n) is 3.80. The number of aromatic nitrogens is 2. The lowest BCUT2D eigenvalue weighted by atomic mass is 9.93. The SMILES string of the molecule is Cn1nc(C2CCC(=O)NC2=O)c2ccc(NC3CCNCC3(F)F)cc21. The zero-order chi connectivity index (χ0) is 19.2. The number of piperidine rings is 2. The molecule has 0 aliphatic carbocycles. The Kier molecular flexibility index (Phi) is 4.33. The van der Waals surface area contributed by atoms with E-state index in [1.807, 2.05) is 0 Å². The summed E-state index contributed by atoms with van der Waals surface area (Å²) in [6, 6.07) is 4.37. The molecule has 2 amide bonds. The van der Waals surface area contributed by atoms with E-state index in [4.69, 9.17) is 0 Å². The summed E-state index contributed by atoms with van der Waals surface area (Å²) in [5, 5.41) is 13.2. The van der Waals surface area contributed by atoms with Crippen molar-refractivity contribution in [3.8, 4) is 0 Å². The molecule has 0 bridgehead atoms. The average Bonchev–Trinajstić information content (AvgIpc) is 2.93. The van der Waals surface area contributed by atoms with Crippen molar-refractivity contribution in [3.63, 3.8) is 0 Å². The number of rotatable bonds is 3. The summed E-state index contributed by atoms with van der Waals surface area (Å²) in [5.74, 6) is -3.93. The molecule has 2 unspecified atom stereocenters. The molecule has 4 rings (SSSR count). The van der Waals surface area contributed by atoms with Crippen LogP contribution in [0.2, 0.25) is 0 Å². The Morgan fingerprint density at radius 3 is 2.85 bits per heavy atom. The summed E-state index contributed by atoms with van der Waals surface area (Å²) in [5.41, 5.74) is 1.94. The highest BCUT2D eigenvalue weighted by Crippen LogP contribution is 2.33. The fraction of sp³-hybridized carbons (Fsp3) is 0.500. The molecule has 2 atom stereocenters. The van der Waals surface area contributed by atoms with Crippen LogP contribution >= 0.6 is 0 Å². The molecule has 0 saturated carbocycles. The van der Waals surface area contributed by atoms with E-state index in [0.717, 1.165) is 10.9 Å². The van der Waals surface area contributed by atoms with Gasteiger partial charge in [0.1, 0.15) is 0 Å². The van der Waals surface area contributed by atoms with Crippen molar-refractivity contribution < 1.29 is 18.4 Å². The van der Waals surface area contributed by atoms with Crippen molar-refractivity contribution >= 4 is 28.4 Å². The van der Waals surface area contributed by atoms with E-state index in [2.05, 4.69) is 21.0 Å². The summed E-state index contributed by atoms with van der Waals surface area (Å²) >= 11 is 0. The summed E-state index contributed by atoms with van der Waals surface area (Å²) in [6.07, 6.45) is 1.02. The van der Waals surface area contributed by atoms with E-state index in [1.54, 1.807) is 29.9 Å². The molecule has 2 aliphatic heterocycles. The topological polar surface area (TPSA) is 88.0 Å². The first-order valence-corrected chi connectivity index (χ1v) is 9.00. The van der Waals surface area contributed by atoms with Crippen LogP contribution in [0.25, 0.3) is 10.9 Å². The van der Waals surface area contributed by atoms with Gasteiger partial charge in [-0.1, -0.05) is 0 Å². The van der Waals surface area contributed by atoms with Gasteiger partial charge in [-0.2, -0.15) is 5.10 Å². The number of alkyl halides is 2. The summed E-state index contributed by atoms with van der Waals surface area (Å²) in [6.45, 7) is 0.207. The molecule has 9 heteroatoms. The molecule has 0 radical (unpaired) electrons. The highest BCUT2D eigenvalue weighted by molar-refractivity contribution is 6.02. The van der Waals surface area contributed by atoms with Crippen LogP contribution in [0.3, 0.4) is 0 Å². The number of carbonyl (C=O) groups excluding carboxylic acids is 2. The van der Waals surface area contributed by atoms with Crippen LogP contribution in [0.15, 0.2) is 18.2 Å². The number of carbonyl (C=O) groups is 2.